The number of aryl methyl sites for hydroxylation is 1. The van der Waals surface area contributed by atoms with E-state index in [0.29, 0.717) is 24.2 Å². The molecule has 4 heteroatoms. The molecule has 0 heterocycles. The molecular formula is C14H21F2NO. The van der Waals surface area contributed by atoms with E-state index in [-0.39, 0.29) is 6.04 Å². The van der Waals surface area contributed by atoms with E-state index in [9.17, 15) is 8.78 Å². The van der Waals surface area contributed by atoms with Gasteiger partial charge in [-0.1, -0.05) is 19.1 Å². The molecule has 0 saturated carbocycles. The molecule has 1 N–H and O–H groups in total. The van der Waals surface area contributed by atoms with Gasteiger partial charge >= 0.3 is 0 Å². The van der Waals surface area contributed by atoms with Crippen LogP contribution < -0.4 is 5.32 Å². The zero-order chi connectivity index (χ0) is 13.5. The maximum absolute atomic E-state index is 13.9. The lowest BCUT2D eigenvalue weighted by atomic mass is 10.0. The highest BCUT2D eigenvalue weighted by Gasteiger charge is 2.18. The summed E-state index contributed by atoms with van der Waals surface area (Å²) in [6.45, 7) is 4.87. The van der Waals surface area contributed by atoms with E-state index in [2.05, 4.69) is 5.32 Å². The molecule has 102 valence electrons. The minimum absolute atomic E-state index is 0.208. The molecule has 0 aliphatic heterocycles. The van der Waals surface area contributed by atoms with Crippen LogP contribution in [0, 0.1) is 18.6 Å². The van der Waals surface area contributed by atoms with Crippen molar-refractivity contribution in [3.63, 3.8) is 0 Å². The highest BCUT2D eigenvalue weighted by Crippen LogP contribution is 2.24. The van der Waals surface area contributed by atoms with E-state index in [0.717, 1.165) is 13.0 Å². The van der Waals surface area contributed by atoms with Crippen LogP contribution >= 0.6 is 0 Å². The number of rotatable bonds is 7. The largest absolute Gasteiger partial charge is 0.385 e. The fourth-order valence-corrected chi connectivity index (χ4v) is 1.85. The fraction of sp³-hybridized carbons (Fsp3) is 0.571. The Labute approximate surface area is 107 Å². The maximum Gasteiger partial charge on any atom is 0.163 e. The third-order valence-corrected chi connectivity index (χ3v) is 2.93. The van der Waals surface area contributed by atoms with E-state index in [1.165, 1.54) is 0 Å². The quantitative estimate of drug-likeness (QED) is 0.808. The summed E-state index contributed by atoms with van der Waals surface area (Å²) in [6, 6.07) is 3.05. The van der Waals surface area contributed by atoms with Gasteiger partial charge in [0.1, 0.15) is 0 Å². The van der Waals surface area contributed by atoms with Gasteiger partial charge in [0.2, 0.25) is 0 Å². The van der Waals surface area contributed by atoms with Crippen molar-refractivity contribution in [2.45, 2.75) is 32.7 Å². The molecule has 1 aromatic rings. The van der Waals surface area contributed by atoms with Gasteiger partial charge in [-0.2, -0.15) is 0 Å². The van der Waals surface area contributed by atoms with Crippen LogP contribution in [0.1, 0.15) is 36.9 Å². The standard InChI is InChI=1S/C14H21F2NO/c1-4-8-17-12(7-9-18-3)11-6-5-10(2)13(15)14(11)16/h5-6,12,17H,4,7-9H2,1-3H3. The third kappa shape index (κ3) is 3.75. The smallest absolute Gasteiger partial charge is 0.163 e. The average Bonchev–Trinajstić information content (AvgIpc) is 2.37. The van der Waals surface area contributed by atoms with Gasteiger partial charge in [-0.25, -0.2) is 8.78 Å². The second-order valence-corrected chi connectivity index (χ2v) is 4.39. The Bertz CT molecular complexity index is 374. The summed E-state index contributed by atoms with van der Waals surface area (Å²) in [6.07, 6.45) is 1.56. The lowest BCUT2D eigenvalue weighted by Crippen LogP contribution is -2.24. The van der Waals surface area contributed by atoms with Crippen LogP contribution in [0.3, 0.4) is 0 Å². The summed E-state index contributed by atoms with van der Waals surface area (Å²) in [4.78, 5) is 0. The first kappa shape index (κ1) is 15.1. The first-order valence-corrected chi connectivity index (χ1v) is 6.28. The maximum atomic E-state index is 13.9. The van der Waals surface area contributed by atoms with Crippen molar-refractivity contribution in [2.75, 3.05) is 20.3 Å². The molecule has 0 fully saturated rings. The van der Waals surface area contributed by atoms with Crippen LogP contribution in [0.25, 0.3) is 0 Å². The number of benzene rings is 1. The number of hydrogen-bond donors (Lipinski definition) is 1. The van der Waals surface area contributed by atoms with Crippen LogP contribution in [-0.2, 0) is 4.74 Å². The molecule has 0 saturated heterocycles. The van der Waals surface area contributed by atoms with E-state index < -0.39 is 11.6 Å². The lowest BCUT2D eigenvalue weighted by molar-refractivity contribution is 0.182. The molecule has 1 rings (SSSR count). The number of hydrogen-bond acceptors (Lipinski definition) is 2. The molecule has 18 heavy (non-hydrogen) atoms. The predicted molar refractivity (Wildman–Crippen MR) is 68.6 cm³/mol. The van der Waals surface area contributed by atoms with Gasteiger partial charge in [0.05, 0.1) is 0 Å². The van der Waals surface area contributed by atoms with Gasteiger partial charge in [0.25, 0.3) is 0 Å². The molecule has 0 aromatic heterocycles. The summed E-state index contributed by atoms with van der Waals surface area (Å²) < 4.78 is 32.5. The second kappa shape index (κ2) is 7.44. The van der Waals surface area contributed by atoms with Gasteiger partial charge in [-0.05, 0) is 31.9 Å². The molecular weight excluding hydrogens is 236 g/mol. The molecule has 1 aromatic carbocycles. The number of halogens is 2. The van der Waals surface area contributed by atoms with Crippen molar-refractivity contribution in [3.05, 3.63) is 34.9 Å². The number of ether oxygens (including phenoxy) is 1. The molecule has 1 atom stereocenters. The normalized spacial score (nSPS) is 12.7. The van der Waals surface area contributed by atoms with Gasteiger partial charge in [-0.3, -0.25) is 0 Å². The summed E-state index contributed by atoms with van der Waals surface area (Å²) in [5.74, 6) is -1.51. The van der Waals surface area contributed by atoms with Crippen LogP contribution in [-0.4, -0.2) is 20.3 Å². The molecule has 0 radical (unpaired) electrons. The zero-order valence-corrected chi connectivity index (χ0v) is 11.2. The highest BCUT2D eigenvalue weighted by atomic mass is 19.2. The predicted octanol–water partition coefficient (Wildman–Crippen LogP) is 3.35. The third-order valence-electron chi connectivity index (χ3n) is 2.93. The molecule has 0 aliphatic carbocycles. The molecule has 1 unspecified atom stereocenters. The second-order valence-electron chi connectivity index (χ2n) is 4.39. The first-order valence-electron chi connectivity index (χ1n) is 6.28. The Balaban J connectivity index is 2.93. The van der Waals surface area contributed by atoms with E-state index in [1.54, 1.807) is 26.2 Å². The molecule has 0 aliphatic rings. The van der Waals surface area contributed by atoms with Crippen molar-refractivity contribution in [2.24, 2.45) is 0 Å². The van der Waals surface area contributed by atoms with E-state index in [1.807, 2.05) is 6.92 Å². The topological polar surface area (TPSA) is 21.3 Å². The molecule has 0 amide bonds. The van der Waals surface area contributed by atoms with Gasteiger partial charge in [0, 0.05) is 25.3 Å². The number of nitrogens with one attached hydrogen (secondary N) is 1. The van der Waals surface area contributed by atoms with Gasteiger partial charge in [-0.15, -0.1) is 0 Å². The monoisotopic (exact) mass is 257 g/mol. The van der Waals surface area contributed by atoms with Crippen molar-refractivity contribution < 1.29 is 13.5 Å². The Kier molecular flexibility index (Phi) is 6.22. The number of methoxy groups -OCH3 is 1. The minimum Gasteiger partial charge on any atom is -0.385 e. The summed E-state index contributed by atoms with van der Waals surface area (Å²) in [5.41, 5.74) is 0.709. The summed E-state index contributed by atoms with van der Waals surface area (Å²) in [5, 5.41) is 3.22. The highest BCUT2D eigenvalue weighted by molar-refractivity contribution is 5.27. The van der Waals surface area contributed by atoms with Gasteiger partial charge in [0.15, 0.2) is 11.6 Å². The Hall–Kier alpha value is -1.00. The zero-order valence-electron chi connectivity index (χ0n) is 11.2. The van der Waals surface area contributed by atoms with Crippen molar-refractivity contribution in [3.8, 4) is 0 Å². The van der Waals surface area contributed by atoms with Crippen LogP contribution in [0.5, 0.6) is 0 Å². The Morgan fingerprint density at radius 1 is 1.28 bits per heavy atom. The summed E-state index contributed by atoms with van der Waals surface area (Å²) in [7, 11) is 1.60. The molecule has 0 bridgehead atoms. The van der Waals surface area contributed by atoms with Crippen LogP contribution in [0.4, 0.5) is 8.78 Å². The Morgan fingerprint density at radius 2 is 2.00 bits per heavy atom. The van der Waals surface area contributed by atoms with Crippen molar-refractivity contribution >= 4 is 0 Å². The average molecular weight is 257 g/mol. The van der Waals surface area contributed by atoms with Crippen LogP contribution in [0.15, 0.2) is 12.1 Å². The first-order chi connectivity index (χ1) is 8.61. The summed E-state index contributed by atoms with van der Waals surface area (Å²) >= 11 is 0. The van der Waals surface area contributed by atoms with Crippen molar-refractivity contribution in [1.82, 2.24) is 5.32 Å². The van der Waals surface area contributed by atoms with Gasteiger partial charge < -0.3 is 10.1 Å². The molecule has 0 spiro atoms. The van der Waals surface area contributed by atoms with Crippen molar-refractivity contribution in [1.29, 1.82) is 0 Å². The lowest BCUT2D eigenvalue weighted by Gasteiger charge is -2.20. The van der Waals surface area contributed by atoms with E-state index in [4.69, 9.17) is 4.74 Å². The minimum atomic E-state index is -0.756. The molecule has 2 nitrogen and oxygen atoms in total. The van der Waals surface area contributed by atoms with Crippen LogP contribution in [0.2, 0.25) is 0 Å². The Morgan fingerprint density at radius 3 is 2.61 bits per heavy atom. The fourth-order valence-electron chi connectivity index (χ4n) is 1.85. The SMILES string of the molecule is CCCNC(CCOC)c1ccc(C)c(F)c1F. The van der Waals surface area contributed by atoms with E-state index >= 15 is 0 Å².